The number of nitrogens with two attached hydrogens (primary N) is 1. The van der Waals surface area contributed by atoms with Crippen molar-refractivity contribution in [2.75, 3.05) is 12.8 Å². The van der Waals surface area contributed by atoms with E-state index in [0.29, 0.717) is 23.1 Å². The van der Waals surface area contributed by atoms with Gasteiger partial charge in [-0.25, -0.2) is 9.37 Å². The molecular formula is C22H23FN4O. The standard InChI is InChI=1S/C22H23FN4O/c1-25-21(28)13-17(16-8-4-5-9-18(16)23)14-10-11-19-20(12-14)27(22(24)26-19)15-6-2-3-7-15/h4-5,8-13,15H,2-3,6-7H2,1H3,(H2,24,26)(H,25,28). The summed E-state index contributed by atoms with van der Waals surface area (Å²) in [4.78, 5) is 16.6. The van der Waals surface area contributed by atoms with Gasteiger partial charge in [-0.1, -0.05) is 37.1 Å². The summed E-state index contributed by atoms with van der Waals surface area (Å²) in [6.45, 7) is 0. The first-order valence-corrected chi connectivity index (χ1v) is 9.54. The summed E-state index contributed by atoms with van der Waals surface area (Å²) >= 11 is 0. The number of hydrogen-bond donors (Lipinski definition) is 2. The summed E-state index contributed by atoms with van der Waals surface area (Å²) in [6.07, 6.45) is 5.95. The van der Waals surface area contributed by atoms with Gasteiger partial charge in [-0.2, -0.15) is 0 Å². The van der Waals surface area contributed by atoms with E-state index in [9.17, 15) is 9.18 Å². The third-order valence-electron chi connectivity index (χ3n) is 5.40. The lowest BCUT2D eigenvalue weighted by Crippen LogP contribution is -2.15. The smallest absolute Gasteiger partial charge is 0.244 e. The number of benzene rings is 2. The fourth-order valence-corrected chi connectivity index (χ4v) is 4.02. The molecule has 0 saturated heterocycles. The van der Waals surface area contributed by atoms with Crippen LogP contribution in [-0.4, -0.2) is 22.5 Å². The number of rotatable bonds is 4. The van der Waals surface area contributed by atoms with E-state index in [2.05, 4.69) is 14.9 Å². The van der Waals surface area contributed by atoms with E-state index < -0.39 is 0 Å². The van der Waals surface area contributed by atoms with Crippen LogP contribution in [-0.2, 0) is 4.79 Å². The van der Waals surface area contributed by atoms with Crippen molar-refractivity contribution < 1.29 is 9.18 Å². The fourth-order valence-electron chi connectivity index (χ4n) is 4.02. The highest BCUT2D eigenvalue weighted by Gasteiger charge is 2.22. The van der Waals surface area contributed by atoms with Gasteiger partial charge in [0.2, 0.25) is 11.9 Å². The molecule has 6 heteroatoms. The van der Waals surface area contributed by atoms with E-state index in [-0.39, 0.29) is 11.7 Å². The van der Waals surface area contributed by atoms with Crippen molar-refractivity contribution in [1.82, 2.24) is 14.9 Å². The van der Waals surface area contributed by atoms with Crippen molar-refractivity contribution in [3.05, 3.63) is 65.5 Å². The Morgan fingerprint density at radius 1 is 1.25 bits per heavy atom. The summed E-state index contributed by atoms with van der Waals surface area (Å²) in [5.74, 6) is -0.162. The van der Waals surface area contributed by atoms with E-state index in [0.717, 1.165) is 29.4 Å². The quantitative estimate of drug-likeness (QED) is 0.673. The molecule has 1 fully saturated rings. The third-order valence-corrected chi connectivity index (χ3v) is 5.40. The monoisotopic (exact) mass is 378 g/mol. The van der Waals surface area contributed by atoms with E-state index in [4.69, 9.17) is 5.73 Å². The predicted molar refractivity (Wildman–Crippen MR) is 109 cm³/mol. The van der Waals surface area contributed by atoms with Crippen LogP contribution in [0.2, 0.25) is 0 Å². The zero-order chi connectivity index (χ0) is 19.7. The Bertz CT molecular complexity index is 1060. The molecular weight excluding hydrogens is 355 g/mol. The number of carbonyl (C=O) groups excluding carboxylic acids is 1. The number of fused-ring (bicyclic) bond motifs is 1. The molecule has 2 aromatic carbocycles. The first-order chi connectivity index (χ1) is 13.6. The SMILES string of the molecule is CNC(=O)C=C(c1ccc2nc(N)n(C3CCCC3)c2c1)c1ccccc1F. The van der Waals surface area contributed by atoms with Gasteiger partial charge >= 0.3 is 0 Å². The van der Waals surface area contributed by atoms with Gasteiger partial charge in [-0.15, -0.1) is 0 Å². The Morgan fingerprint density at radius 3 is 2.71 bits per heavy atom. The largest absolute Gasteiger partial charge is 0.369 e. The first-order valence-electron chi connectivity index (χ1n) is 9.54. The average molecular weight is 378 g/mol. The van der Waals surface area contributed by atoms with Crippen molar-refractivity contribution in [3.63, 3.8) is 0 Å². The number of hydrogen-bond acceptors (Lipinski definition) is 3. The second kappa shape index (κ2) is 7.46. The summed E-state index contributed by atoms with van der Waals surface area (Å²) in [6, 6.07) is 12.5. The number of imidazole rings is 1. The highest BCUT2D eigenvalue weighted by molar-refractivity contribution is 6.00. The molecule has 5 nitrogen and oxygen atoms in total. The van der Waals surface area contributed by atoms with Crippen LogP contribution in [0.1, 0.15) is 42.9 Å². The number of nitrogens with zero attached hydrogens (tertiary/aromatic N) is 2. The zero-order valence-electron chi connectivity index (χ0n) is 15.8. The molecule has 1 aromatic heterocycles. The second-order valence-electron chi connectivity index (χ2n) is 7.13. The lowest BCUT2D eigenvalue weighted by molar-refractivity contribution is -0.116. The number of carbonyl (C=O) groups is 1. The van der Waals surface area contributed by atoms with Crippen LogP contribution in [0.5, 0.6) is 0 Å². The Morgan fingerprint density at radius 2 is 2.00 bits per heavy atom. The lowest BCUT2D eigenvalue weighted by atomic mass is 9.96. The summed E-state index contributed by atoms with van der Waals surface area (Å²) < 4.78 is 16.6. The predicted octanol–water partition coefficient (Wildman–Crippen LogP) is 4.05. The number of nitrogen functional groups attached to an aromatic ring is 1. The lowest BCUT2D eigenvalue weighted by Gasteiger charge is -2.15. The highest BCUT2D eigenvalue weighted by atomic mass is 19.1. The Labute approximate surface area is 163 Å². The van der Waals surface area contributed by atoms with Crippen molar-refractivity contribution >= 4 is 28.5 Å². The number of likely N-dealkylation sites (N-methyl/N-ethyl adjacent to an activating group) is 1. The molecule has 0 unspecified atom stereocenters. The van der Waals surface area contributed by atoms with Crippen molar-refractivity contribution in [3.8, 4) is 0 Å². The Hall–Kier alpha value is -3.15. The maximum atomic E-state index is 14.5. The van der Waals surface area contributed by atoms with Gasteiger partial charge in [0.15, 0.2) is 0 Å². The van der Waals surface area contributed by atoms with Gasteiger partial charge < -0.3 is 15.6 Å². The minimum absolute atomic E-state index is 0.290. The molecule has 3 N–H and O–H groups in total. The molecule has 0 spiro atoms. The van der Waals surface area contributed by atoms with E-state index in [1.54, 1.807) is 25.2 Å². The Kier molecular flexibility index (Phi) is 4.86. The zero-order valence-corrected chi connectivity index (χ0v) is 15.8. The van der Waals surface area contributed by atoms with Gasteiger partial charge in [0.25, 0.3) is 0 Å². The van der Waals surface area contributed by atoms with Crippen LogP contribution in [0, 0.1) is 5.82 Å². The number of nitrogens with one attached hydrogen (secondary N) is 1. The molecule has 28 heavy (non-hydrogen) atoms. The first kappa shape index (κ1) is 18.2. The van der Waals surface area contributed by atoms with Crippen molar-refractivity contribution in [2.24, 2.45) is 0 Å². The molecule has 0 aliphatic heterocycles. The van der Waals surface area contributed by atoms with Gasteiger partial charge in [-0.3, -0.25) is 4.79 Å². The molecule has 4 rings (SSSR count). The molecule has 0 bridgehead atoms. The summed E-state index contributed by atoms with van der Waals surface area (Å²) in [7, 11) is 1.55. The number of aromatic nitrogens is 2. The number of amides is 1. The Balaban J connectivity index is 1.89. The molecule has 1 aliphatic carbocycles. The van der Waals surface area contributed by atoms with Gasteiger partial charge in [0, 0.05) is 24.7 Å². The molecule has 1 heterocycles. The van der Waals surface area contributed by atoms with Crippen LogP contribution < -0.4 is 11.1 Å². The van der Waals surface area contributed by atoms with E-state index in [1.165, 1.54) is 25.0 Å². The normalized spacial score (nSPS) is 15.3. The molecule has 1 saturated carbocycles. The molecule has 0 atom stereocenters. The number of anilines is 1. The van der Waals surface area contributed by atoms with Gasteiger partial charge in [0.1, 0.15) is 5.82 Å². The van der Waals surface area contributed by atoms with Gasteiger partial charge in [-0.05, 0) is 42.2 Å². The van der Waals surface area contributed by atoms with E-state index in [1.807, 2.05) is 18.2 Å². The van der Waals surface area contributed by atoms with Gasteiger partial charge in [0.05, 0.1) is 11.0 Å². The minimum Gasteiger partial charge on any atom is -0.369 e. The van der Waals surface area contributed by atoms with Crippen LogP contribution in [0.15, 0.2) is 48.5 Å². The van der Waals surface area contributed by atoms with Crippen LogP contribution >= 0.6 is 0 Å². The minimum atomic E-state index is -0.374. The van der Waals surface area contributed by atoms with E-state index >= 15 is 0 Å². The molecule has 144 valence electrons. The number of halogens is 1. The molecule has 1 amide bonds. The second-order valence-corrected chi connectivity index (χ2v) is 7.13. The summed E-state index contributed by atoms with van der Waals surface area (Å²) in [5.41, 5.74) is 9.59. The molecule has 0 radical (unpaired) electrons. The third kappa shape index (κ3) is 3.26. The maximum absolute atomic E-state index is 14.5. The summed E-state index contributed by atoms with van der Waals surface area (Å²) in [5, 5.41) is 2.58. The van der Waals surface area contributed by atoms with Crippen LogP contribution in [0.3, 0.4) is 0 Å². The maximum Gasteiger partial charge on any atom is 0.244 e. The van der Waals surface area contributed by atoms with Crippen molar-refractivity contribution in [2.45, 2.75) is 31.7 Å². The highest BCUT2D eigenvalue weighted by Crippen LogP contribution is 2.36. The molecule has 1 aliphatic rings. The van der Waals surface area contributed by atoms with Crippen molar-refractivity contribution in [1.29, 1.82) is 0 Å². The fraction of sp³-hybridized carbons (Fsp3) is 0.273. The molecule has 3 aromatic rings. The van der Waals surface area contributed by atoms with Crippen LogP contribution in [0.4, 0.5) is 10.3 Å². The van der Waals surface area contributed by atoms with Crippen LogP contribution in [0.25, 0.3) is 16.6 Å². The topological polar surface area (TPSA) is 72.9 Å². The average Bonchev–Trinajstić information content (AvgIpc) is 3.32.